The molecule has 5 heteroatoms. The van der Waals surface area contributed by atoms with Gasteiger partial charge in [0.2, 0.25) is 0 Å². The second-order valence-corrected chi connectivity index (χ2v) is 6.29. The van der Waals surface area contributed by atoms with E-state index in [-0.39, 0.29) is 0 Å². The Balaban J connectivity index is 2.01. The van der Waals surface area contributed by atoms with Crippen molar-refractivity contribution in [2.24, 2.45) is 0 Å². The van der Waals surface area contributed by atoms with Gasteiger partial charge in [-0.25, -0.2) is 0 Å². The topological polar surface area (TPSA) is 27.7 Å². The first-order valence-electron chi connectivity index (χ1n) is 6.40. The lowest BCUT2D eigenvalue weighted by Crippen LogP contribution is -1.97. The van der Waals surface area contributed by atoms with Crippen LogP contribution >= 0.6 is 27.7 Å². The molecule has 2 aromatic rings. The summed E-state index contributed by atoms with van der Waals surface area (Å²) in [5, 5.41) is 0. The molecule has 3 nitrogen and oxygen atoms in total. The van der Waals surface area contributed by atoms with Gasteiger partial charge in [0.25, 0.3) is 0 Å². The average molecular weight is 369 g/mol. The summed E-state index contributed by atoms with van der Waals surface area (Å²) in [6.07, 6.45) is 0. The molecule has 0 aliphatic heterocycles. The summed E-state index contributed by atoms with van der Waals surface area (Å²) >= 11 is 5.29. The van der Waals surface area contributed by atoms with Gasteiger partial charge < -0.3 is 14.2 Å². The number of ether oxygens (including phenoxy) is 3. The Morgan fingerprint density at radius 1 is 1.00 bits per heavy atom. The van der Waals surface area contributed by atoms with Gasteiger partial charge in [-0.3, -0.25) is 0 Å². The maximum atomic E-state index is 5.36. The summed E-state index contributed by atoms with van der Waals surface area (Å²) in [5.74, 6) is 0.867. The molecule has 0 radical (unpaired) electrons. The normalized spacial score (nSPS) is 10.6. The lowest BCUT2D eigenvalue weighted by atomic mass is 10.2. The molecule has 0 unspecified atom stereocenters. The molecule has 0 spiro atoms. The van der Waals surface area contributed by atoms with E-state index >= 15 is 0 Å². The summed E-state index contributed by atoms with van der Waals surface area (Å²) in [6.45, 7) is 0.830. The standard InChI is InChI=1S/C16H17BrO3S/c1-18-11-20-10-12-3-6-15(9-16(12)17)21-14-7-4-13(19-2)5-8-14/h3-9H,10-11H2,1-2H3. The van der Waals surface area contributed by atoms with E-state index < -0.39 is 0 Å². The predicted molar refractivity (Wildman–Crippen MR) is 87.9 cm³/mol. The number of hydrogen-bond donors (Lipinski definition) is 0. The molecule has 0 heterocycles. The zero-order valence-electron chi connectivity index (χ0n) is 12.0. The molecule has 0 amide bonds. The molecule has 0 aromatic heterocycles. The van der Waals surface area contributed by atoms with Crippen LogP contribution in [0, 0.1) is 0 Å². The zero-order valence-corrected chi connectivity index (χ0v) is 14.4. The van der Waals surface area contributed by atoms with E-state index in [1.807, 2.05) is 24.3 Å². The summed E-state index contributed by atoms with van der Waals surface area (Å²) < 4.78 is 16.4. The maximum Gasteiger partial charge on any atom is 0.146 e. The summed E-state index contributed by atoms with van der Waals surface area (Å²) in [5.41, 5.74) is 1.10. The van der Waals surface area contributed by atoms with Crippen LogP contribution in [-0.4, -0.2) is 21.0 Å². The van der Waals surface area contributed by atoms with E-state index in [9.17, 15) is 0 Å². The van der Waals surface area contributed by atoms with Gasteiger partial charge in [0.15, 0.2) is 0 Å². The van der Waals surface area contributed by atoms with Crippen molar-refractivity contribution in [3.8, 4) is 5.75 Å². The van der Waals surface area contributed by atoms with Crippen molar-refractivity contribution in [3.63, 3.8) is 0 Å². The lowest BCUT2D eigenvalue weighted by molar-refractivity contribution is -0.0392. The number of halogens is 1. The Labute approximate surface area is 137 Å². The Kier molecular flexibility index (Phi) is 6.57. The minimum Gasteiger partial charge on any atom is -0.497 e. The predicted octanol–water partition coefficient (Wildman–Crippen LogP) is 4.73. The van der Waals surface area contributed by atoms with Crippen LogP contribution in [0.3, 0.4) is 0 Å². The molecule has 0 fully saturated rings. The summed E-state index contributed by atoms with van der Waals surface area (Å²) in [7, 11) is 3.28. The fourth-order valence-electron chi connectivity index (χ4n) is 1.72. The van der Waals surface area contributed by atoms with E-state index in [4.69, 9.17) is 14.2 Å². The van der Waals surface area contributed by atoms with Crippen LogP contribution in [0.15, 0.2) is 56.7 Å². The van der Waals surface area contributed by atoms with Crippen molar-refractivity contribution in [3.05, 3.63) is 52.5 Å². The van der Waals surface area contributed by atoms with Crippen molar-refractivity contribution in [1.29, 1.82) is 0 Å². The van der Waals surface area contributed by atoms with Crippen LogP contribution in [0.4, 0.5) is 0 Å². The van der Waals surface area contributed by atoms with E-state index in [1.165, 1.54) is 9.79 Å². The van der Waals surface area contributed by atoms with E-state index in [1.54, 1.807) is 26.0 Å². The molecular weight excluding hydrogens is 352 g/mol. The van der Waals surface area contributed by atoms with Crippen molar-refractivity contribution in [1.82, 2.24) is 0 Å². The number of benzene rings is 2. The van der Waals surface area contributed by atoms with Crippen LogP contribution in [0.25, 0.3) is 0 Å². The molecule has 2 aromatic carbocycles. The summed E-state index contributed by atoms with van der Waals surface area (Å²) in [4.78, 5) is 2.34. The van der Waals surface area contributed by atoms with Crippen molar-refractivity contribution < 1.29 is 14.2 Å². The number of hydrogen-bond acceptors (Lipinski definition) is 4. The molecule has 0 saturated carbocycles. The second-order valence-electron chi connectivity index (χ2n) is 4.29. The molecule has 0 aliphatic carbocycles. The molecule has 0 bridgehead atoms. The Morgan fingerprint density at radius 3 is 2.33 bits per heavy atom. The molecule has 0 atom stereocenters. The molecule has 112 valence electrons. The van der Waals surface area contributed by atoms with Gasteiger partial charge in [-0.05, 0) is 42.0 Å². The Morgan fingerprint density at radius 2 is 1.71 bits per heavy atom. The van der Waals surface area contributed by atoms with Gasteiger partial charge >= 0.3 is 0 Å². The first kappa shape index (κ1) is 16.4. The van der Waals surface area contributed by atoms with Crippen LogP contribution in [-0.2, 0) is 16.1 Å². The van der Waals surface area contributed by atoms with Gasteiger partial charge in [0, 0.05) is 21.4 Å². The van der Waals surface area contributed by atoms with Crippen molar-refractivity contribution in [2.75, 3.05) is 21.0 Å². The van der Waals surface area contributed by atoms with Crippen LogP contribution < -0.4 is 4.74 Å². The zero-order chi connectivity index (χ0) is 15.1. The van der Waals surface area contributed by atoms with Crippen LogP contribution in [0.1, 0.15) is 5.56 Å². The molecule has 0 N–H and O–H groups in total. The van der Waals surface area contributed by atoms with Gasteiger partial charge in [0.05, 0.1) is 13.7 Å². The highest BCUT2D eigenvalue weighted by Gasteiger charge is 2.04. The smallest absolute Gasteiger partial charge is 0.146 e. The molecule has 2 rings (SSSR count). The largest absolute Gasteiger partial charge is 0.497 e. The van der Waals surface area contributed by atoms with Gasteiger partial charge in [-0.15, -0.1) is 0 Å². The molecular formula is C16H17BrO3S. The quantitative estimate of drug-likeness (QED) is 0.521. The third kappa shape index (κ3) is 5.04. The van der Waals surface area contributed by atoms with Crippen molar-refractivity contribution >= 4 is 27.7 Å². The van der Waals surface area contributed by atoms with Gasteiger partial charge in [-0.2, -0.15) is 0 Å². The highest BCUT2D eigenvalue weighted by Crippen LogP contribution is 2.32. The number of rotatable bonds is 7. The Bertz CT molecular complexity index is 572. The fourth-order valence-corrected chi connectivity index (χ4v) is 3.23. The van der Waals surface area contributed by atoms with E-state index in [0.29, 0.717) is 13.4 Å². The Hall–Kier alpha value is -1.01. The third-order valence-electron chi connectivity index (χ3n) is 2.78. The van der Waals surface area contributed by atoms with E-state index in [0.717, 1.165) is 15.8 Å². The van der Waals surface area contributed by atoms with Gasteiger partial charge in [-0.1, -0.05) is 33.8 Å². The number of methoxy groups -OCH3 is 2. The van der Waals surface area contributed by atoms with E-state index in [2.05, 4.69) is 34.1 Å². The van der Waals surface area contributed by atoms with Gasteiger partial charge in [0.1, 0.15) is 12.5 Å². The highest BCUT2D eigenvalue weighted by atomic mass is 79.9. The molecule has 0 aliphatic rings. The molecule has 21 heavy (non-hydrogen) atoms. The third-order valence-corrected chi connectivity index (χ3v) is 4.51. The van der Waals surface area contributed by atoms with Crippen LogP contribution in [0.5, 0.6) is 5.75 Å². The van der Waals surface area contributed by atoms with Crippen molar-refractivity contribution in [2.45, 2.75) is 16.4 Å². The highest BCUT2D eigenvalue weighted by molar-refractivity contribution is 9.10. The lowest BCUT2D eigenvalue weighted by Gasteiger charge is -2.08. The fraction of sp³-hybridized carbons (Fsp3) is 0.250. The first-order chi connectivity index (χ1) is 10.2. The minimum absolute atomic E-state index is 0.300. The SMILES string of the molecule is COCOCc1ccc(Sc2ccc(OC)cc2)cc1Br. The molecule has 0 saturated heterocycles. The first-order valence-corrected chi connectivity index (χ1v) is 8.01. The monoisotopic (exact) mass is 368 g/mol. The maximum absolute atomic E-state index is 5.36. The summed E-state index contributed by atoms with van der Waals surface area (Å²) in [6, 6.07) is 14.3. The average Bonchev–Trinajstić information content (AvgIpc) is 2.50. The second kappa shape index (κ2) is 8.44. The van der Waals surface area contributed by atoms with Crippen LogP contribution in [0.2, 0.25) is 0 Å². The minimum atomic E-state index is 0.300.